The molecule has 0 aromatic carbocycles. The van der Waals surface area contributed by atoms with Crippen molar-refractivity contribution in [1.82, 2.24) is 10.2 Å². The van der Waals surface area contributed by atoms with Crippen LogP contribution in [-0.2, 0) is 0 Å². The van der Waals surface area contributed by atoms with E-state index >= 15 is 0 Å². The monoisotopic (exact) mass is 411 g/mol. The number of nitrogens with zero attached hydrogens (tertiary/aromatic N) is 2. The van der Waals surface area contributed by atoms with Gasteiger partial charge in [-0.05, 0) is 37.9 Å². The van der Waals surface area contributed by atoms with Gasteiger partial charge in [-0.3, -0.25) is 4.99 Å². The predicted molar refractivity (Wildman–Crippen MR) is 101 cm³/mol. The molecule has 0 aromatic rings. The zero-order valence-electron chi connectivity index (χ0n) is 13.1. The van der Waals surface area contributed by atoms with Crippen LogP contribution < -0.4 is 5.32 Å². The van der Waals surface area contributed by atoms with Crippen LogP contribution in [0.4, 0.5) is 0 Å². The average molecular weight is 411 g/mol. The van der Waals surface area contributed by atoms with Crippen molar-refractivity contribution >= 4 is 41.7 Å². The van der Waals surface area contributed by atoms with Crippen LogP contribution in [0.3, 0.4) is 0 Å². The Balaban J connectivity index is 0.00000200. The van der Waals surface area contributed by atoms with Crippen LogP contribution in [0.5, 0.6) is 0 Å². The third kappa shape index (κ3) is 4.97. The first-order chi connectivity index (χ1) is 9.24. The summed E-state index contributed by atoms with van der Waals surface area (Å²) in [6.45, 7) is 8.76. The fraction of sp³-hybridized carbons (Fsp3) is 0.933. The molecule has 0 amide bonds. The Morgan fingerprint density at radius 1 is 1.30 bits per heavy atom. The molecule has 3 unspecified atom stereocenters. The van der Waals surface area contributed by atoms with Gasteiger partial charge in [0.15, 0.2) is 5.96 Å². The average Bonchev–Trinajstić information content (AvgIpc) is 2.86. The van der Waals surface area contributed by atoms with E-state index in [-0.39, 0.29) is 24.0 Å². The summed E-state index contributed by atoms with van der Waals surface area (Å²) in [5.41, 5.74) is 0. The molecular formula is C15H30IN3S. The molecule has 2 rings (SSSR count). The van der Waals surface area contributed by atoms with Crippen molar-refractivity contribution in [2.24, 2.45) is 16.8 Å². The van der Waals surface area contributed by atoms with Crippen LogP contribution in [0.1, 0.15) is 39.5 Å². The van der Waals surface area contributed by atoms with Crippen LogP contribution >= 0.6 is 35.7 Å². The number of aliphatic imine (C=N–C) groups is 1. The molecule has 3 nitrogen and oxygen atoms in total. The minimum absolute atomic E-state index is 0. The molecule has 1 aliphatic carbocycles. The Morgan fingerprint density at radius 2 is 1.90 bits per heavy atom. The number of halogens is 1. The fourth-order valence-electron chi connectivity index (χ4n) is 3.29. The van der Waals surface area contributed by atoms with Crippen LogP contribution in [-0.4, -0.2) is 48.5 Å². The maximum absolute atomic E-state index is 4.83. The number of nitrogens with one attached hydrogen (secondary N) is 1. The van der Waals surface area contributed by atoms with Crippen molar-refractivity contribution in [2.45, 2.75) is 44.8 Å². The van der Waals surface area contributed by atoms with Crippen LogP contribution in [0.25, 0.3) is 0 Å². The van der Waals surface area contributed by atoms with E-state index in [1.165, 1.54) is 38.8 Å². The molecule has 118 valence electrons. The highest BCUT2D eigenvalue weighted by Crippen LogP contribution is 2.35. The molecule has 1 aliphatic heterocycles. The van der Waals surface area contributed by atoms with Gasteiger partial charge in [-0.2, -0.15) is 11.8 Å². The first-order valence-corrected chi connectivity index (χ1v) is 9.09. The molecule has 2 aliphatic rings. The van der Waals surface area contributed by atoms with Crippen molar-refractivity contribution in [2.75, 3.05) is 32.4 Å². The molecule has 5 heteroatoms. The first-order valence-electron chi connectivity index (χ1n) is 7.80. The standard InChI is InChI=1S/C15H29N3S.HI/c1-4-16-15(17-9-12(2)19-3)18-10-13-7-5-6-8-14(13)11-18;/h12-14H,4-11H2,1-3H3,(H,16,17);1H. The van der Waals surface area contributed by atoms with E-state index in [1.54, 1.807) is 0 Å². The maximum atomic E-state index is 4.83. The minimum Gasteiger partial charge on any atom is -0.357 e. The molecule has 0 spiro atoms. The molecule has 2 fully saturated rings. The number of guanidine groups is 1. The van der Waals surface area contributed by atoms with Gasteiger partial charge < -0.3 is 10.2 Å². The van der Waals surface area contributed by atoms with Crippen molar-refractivity contribution in [3.63, 3.8) is 0 Å². The van der Waals surface area contributed by atoms with E-state index in [9.17, 15) is 0 Å². The Labute approximate surface area is 145 Å². The highest BCUT2D eigenvalue weighted by Gasteiger charge is 2.35. The topological polar surface area (TPSA) is 27.6 Å². The van der Waals surface area contributed by atoms with E-state index in [0.717, 1.165) is 30.9 Å². The molecular weight excluding hydrogens is 381 g/mol. The second-order valence-electron chi connectivity index (χ2n) is 5.95. The number of likely N-dealkylation sites (tertiary alicyclic amines) is 1. The van der Waals surface area contributed by atoms with Gasteiger partial charge in [0.1, 0.15) is 0 Å². The zero-order chi connectivity index (χ0) is 13.7. The highest BCUT2D eigenvalue weighted by atomic mass is 127. The quantitative estimate of drug-likeness (QED) is 0.436. The summed E-state index contributed by atoms with van der Waals surface area (Å²) in [6.07, 6.45) is 7.90. The lowest BCUT2D eigenvalue weighted by molar-refractivity contribution is 0.299. The van der Waals surface area contributed by atoms with Crippen molar-refractivity contribution in [1.29, 1.82) is 0 Å². The second-order valence-corrected chi connectivity index (χ2v) is 7.23. The summed E-state index contributed by atoms with van der Waals surface area (Å²) in [7, 11) is 0. The molecule has 1 saturated carbocycles. The summed E-state index contributed by atoms with van der Waals surface area (Å²) in [5.74, 6) is 3.00. The molecule has 1 N–H and O–H groups in total. The van der Waals surface area contributed by atoms with Gasteiger partial charge in [0, 0.05) is 24.9 Å². The Hall–Kier alpha value is 0.350. The molecule has 1 heterocycles. The van der Waals surface area contributed by atoms with Crippen LogP contribution in [0.15, 0.2) is 4.99 Å². The predicted octanol–water partition coefficient (Wildman–Crippen LogP) is 3.44. The maximum Gasteiger partial charge on any atom is 0.193 e. The molecule has 0 aromatic heterocycles. The number of rotatable bonds is 4. The second kappa shape index (κ2) is 9.38. The molecule has 0 radical (unpaired) electrons. The smallest absolute Gasteiger partial charge is 0.193 e. The van der Waals surface area contributed by atoms with Gasteiger partial charge in [0.25, 0.3) is 0 Å². The molecule has 0 bridgehead atoms. The summed E-state index contributed by atoms with van der Waals surface area (Å²) < 4.78 is 0. The normalized spacial score (nSPS) is 27.8. The number of fused-ring (bicyclic) bond motifs is 1. The van der Waals surface area contributed by atoms with E-state index in [0.29, 0.717) is 5.25 Å². The number of hydrogen-bond acceptors (Lipinski definition) is 2. The lowest BCUT2D eigenvalue weighted by Gasteiger charge is -2.22. The van der Waals surface area contributed by atoms with Crippen molar-refractivity contribution in [3.8, 4) is 0 Å². The zero-order valence-corrected chi connectivity index (χ0v) is 16.2. The third-order valence-corrected chi connectivity index (χ3v) is 5.47. The van der Waals surface area contributed by atoms with Gasteiger partial charge in [-0.1, -0.05) is 19.8 Å². The fourth-order valence-corrected chi connectivity index (χ4v) is 3.52. The van der Waals surface area contributed by atoms with E-state index < -0.39 is 0 Å². The minimum atomic E-state index is 0. The number of thioether (sulfide) groups is 1. The Bertz CT molecular complexity index is 297. The van der Waals surface area contributed by atoms with Gasteiger partial charge in [-0.25, -0.2) is 0 Å². The first kappa shape index (κ1) is 18.4. The molecule has 20 heavy (non-hydrogen) atoms. The van der Waals surface area contributed by atoms with Gasteiger partial charge in [0.05, 0.1) is 6.54 Å². The Kier molecular flexibility index (Phi) is 8.63. The van der Waals surface area contributed by atoms with Crippen molar-refractivity contribution in [3.05, 3.63) is 0 Å². The summed E-state index contributed by atoms with van der Waals surface area (Å²) in [6, 6.07) is 0. The summed E-state index contributed by atoms with van der Waals surface area (Å²) >= 11 is 1.89. The van der Waals surface area contributed by atoms with Gasteiger partial charge in [0.2, 0.25) is 0 Å². The lowest BCUT2D eigenvalue weighted by atomic mass is 9.82. The number of hydrogen-bond donors (Lipinski definition) is 1. The van der Waals surface area contributed by atoms with Crippen LogP contribution in [0.2, 0.25) is 0 Å². The molecule has 3 atom stereocenters. The van der Waals surface area contributed by atoms with E-state index in [2.05, 4.69) is 30.3 Å². The third-order valence-electron chi connectivity index (χ3n) is 4.51. The highest BCUT2D eigenvalue weighted by molar-refractivity contribution is 14.0. The summed E-state index contributed by atoms with van der Waals surface area (Å²) in [4.78, 5) is 7.35. The van der Waals surface area contributed by atoms with Gasteiger partial charge in [-0.15, -0.1) is 24.0 Å². The van der Waals surface area contributed by atoms with Crippen LogP contribution in [0, 0.1) is 11.8 Å². The van der Waals surface area contributed by atoms with E-state index in [4.69, 9.17) is 4.99 Å². The Morgan fingerprint density at radius 3 is 2.40 bits per heavy atom. The summed E-state index contributed by atoms with van der Waals surface area (Å²) in [5, 5.41) is 4.09. The molecule has 1 saturated heterocycles. The largest absolute Gasteiger partial charge is 0.357 e. The van der Waals surface area contributed by atoms with Crippen molar-refractivity contribution < 1.29 is 0 Å². The van der Waals surface area contributed by atoms with E-state index in [1.807, 2.05) is 11.8 Å². The lowest BCUT2D eigenvalue weighted by Crippen LogP contribution is -2.40. The van der Waals surface area contributed by atoms with Gasteiger partial charge >= 0.3 is 0 Å². The SMILES string of the molecule is CCNC(=NCC(C)SC)N1CC2CCCCC2C1.I.